The van der Waals surface area contributed by atoms with Crippen molar-refractivity contribution in [3.63, 3.8) is 0 Å². The molecule has 1 aromatic carbocycles. The van der Waals surface area contributed by atoms with Gasteiger partial charge >= 0.3 is 0 Å². The van der Waals surface area contributed by atoms with Crippen LogP contribution < -0.4 is 5.73 Å². The first-order valence-corrected chi connectivity index (χ1v) is 10.7. The molecule has 30 heavy (non-hydrogen) atoms. The van der Waals surface area contributed by atoms with Gasteiger partial charge in [0.2, 0.25) is 5.91 Å². The highest BCUT2D eigenvalue weighted by Gasteiger charge is 2.50. The summed E-state index contributed by atoms with van der Waals surface area (Å²) >= 11 is 0. The molecule has 1 aromatic heterocycles. The Hall–Kier alpha value is -2.87. The van der Waals surface area contributed by atoms with Crippen molar-refractivity contribution in [2.75, 3.05) is 25.4 Å². The molecule has 8 nitrogen and oxygen atoms in total. The van der Waals surface area contributed by atoms with Crippen LogP contribution in [0.2, 0.25) is 0 Å². The van der Waals surface area contributed by atoms with E-state index in [0.29, 0.717) is 36.6 Å². The van der Waals surface area contributed by atoms with Crippen LogP contribution in [0, 0.1) is 11.8 Å². The molecule has 2 amide bonds. The third-order valence-electron chi connectivity index (χ3n) is 7.04. The monoisotopic (exact) mass is 409 g/mol. The molecular formula is C22H27N5O3. The molecule has 3 aliphatic rings. The van der Waals surface area contributed by atoms with Crippen molar-refractivity contribution < 1.29 is 14.7 Å². The fourth-order valence-electron chi connectivity index (χ4n) is 5.74. The Balaban J connectivity index is 1.45. The van der Waals surface area contributed by atoms with Crippen LogP contribution in [0.25, 0.3) is 11.1 Å². The zero-order valence-corrected chi connectivity index (χ0v) is 16.8. The number of fused-ring (bicyclic) bond motifs is 4. The normalized spacial score (nSPS) is 28.4. The largest absolute Gasteiger partial charge is 0.394 e. The van der Waals surface area contributed by atoms with Crippen molar-refractivity contribution in [1.82, 2.24) is 20.0 Å². The first kappa shape index (κ1) is 19.1. The number of nitrogens with one attached hydrogen (secondary N) is 1. The van der Waals surface area contributed by atoms with Crippen LogP contribution in [0.15, 0.2) is 30.3 Å². The lowest BCUT2D eigenvalue weighted by Crippen LogP contribution is -2.66. The third kappa shape index (κ3) is 2.98. The van der Waals surface area contributed by atoms with Crippen LogP contribution in [0.3, 0.4) is 0 Å². The summed E-state index contributed by atoms with van der Waals surface area (Å²) in [6.07, 6.45) is 3.32. The SMILES string of the molecule is Nc1n[nH]c(C(=O)N2C[C@H]3C[C@@H](C2)[C@H](CO)N2C(=O)CCC[C@@H]32)c1-c1ccccc1. The van der Waals surface area contributed by atoms with Crippen molar-refractivity contribution in [3.8, 4) is 11.1 Å². The number of likely N-dealkylation sites (tertiary alicyclic amines) is 1. The van der Waals surface area contributed by atoms with E-state index in [1.54, 1.807) is 0 Å². The number of carbonyl (C=O) groups excluding carboxylic acids is 2. The number of H-pyrrole nitrogens is 1. The average molecular weight is 409 g/mol. The molecule has 8 heteroatoms. The smallest absolute Gasteiger partial charge is 0.272 e. The van der Waals surface area contributed by atoms with Crippen LogP contribution in [-0.4, -0.2) is 68.7 Å². The number of aromatic amines is 1. The minimum absolute atomic E-state index is 0.0616. The van der Waals surface area contributed by atoms with Gasteiger partial charge in [-0.2, -0.15) is 5.10 Å². The summed E-state index contributed by atoms with van der Waals surface area (Å²) in [4.78, 5) is 29.9. The number of hydrogen-bond donors (Lipinski definition) is 3. The van der Waals surface area contributed by atoms with Gasteiger partial charge < -0.3 is 20.6 Å². The van der Waals surface area contributed by atoms with Crippen molar-refractivity contribution in [3.05, 3.63) is 36.0 Å². The maximum atomic E-state index is 13.5. The summed E-state index contributed by atoms with van der Waals surface area (Å²) in [5.74, 6) is 0.642. The number of amides is 2. The molecule has 0 spiro atoms. The molecule has 4 N–H and O–H groups in total. The average Bonchev–Trinajstić information content (AvgIpc) is 3.16. The number of aliphatic hydroxyl groups excluding tert-OH is 1. The fourth-order valence-corrected chi connectivity index (χ4v) is 5.74. The molecule has 3 fully saturated rings. The van der Waals surface area contributed by atoms with Gasteiger partial charge in [0, 0.05) is 25.6 Å². The number of hydrogen-bond acceptors (Lipinski definition) is 5. The highest BCUT2D eigenvalue weighted by Crippen LogP contribution is 2.42. The first-order chi connectivity index (χ1) is 14.6. The number of nitrogens with two attached hydrogens (primary N) is 1. The molecule has 0 aliphatic carbocycles. The molecular weight excluding hydrogens is 382 g/mol. The van der Waals surface area contributed by atoms with Gasteiger partial charge in [-0.25, -0.2) is 0 Å². The van der Waals surface area contributed by atoms with Crippen LogP contribution >= 0.6 is 0 Å². The van der Waals surface area contributed by atoms with Gasteiger partial charge in [-0.15, -0.1) is 0 Å². The molecule has 2 bridgehead atoms. The number of anilines is 1. The number of aliphatic hydroxyl groups is 1. The Labute approximate surface area is 175 Å². The summed E-state index contributed by atoms with van der Waals surface area (Å²) < 4.78 is 0. The van der Waals surface area contributed by atoms with Crippen molar-refractivity contribution in [2.45, 2.75) is 37.8 Å². The number of rotatable bonds is 3. The van der Waals surface area contributed by atoms with Gasteiger partial charge in [-0.1, -0.05) is 30.3 Å². The predicted octanol–water partition coefficient (Wildman–Crippen LogP) is 1.49. The van der Waals surface area contributed by atoms with Gasteiger partial charge in [0.05, 0.1) is 18.2 Å². The van der Waals surface area contributed by atoms with E-state index in [-0.39, 0.29) is 42.3 Å². The van der Waals surface area contributed by atoms with E-state index in [9.17, 15) is 14.7 Å². The molecule has 0 radical (unpaired) electrons. The van der Waals surface area contributed by atoms with Crippen molar-refractivity contribution in [2.24, 2.45) is 11.8 Å². The second kappa shape index (κ2) is 7.43. The fraction of sp³-hybridized carbons (Fsp3) is 0.500. The molecule has 4 atom stereocenters. The van der Waals surface area contributed by atoms with Gasteiger partial charge in [-0.05, 0) is 36.7 Å². The summed E-state index contributed by atoms with van der Waals surface area (Å²) in [5.41, 5.74) is 7.97. The Kier molecular flexibility index (Phi) is 4.73. The highest BCUT2D eigenvalue weighted by atomic mass is 16.3. The quantitative estimate of drug-likeness (QED) is 0.710. The van der Waals surface area contributed by atoms with E-state index in [4.69, 9.17) is 5.73 Å². The minimum Gasteiger partial charge on any atom is -0.394 e. The summed E-state index contributed by atoms with van der Waals surface area (Å²) in [5, 5.41) is 17.0. The molecule has 2 aromatic rings. The van der Waals surface area contributed by atoms with Crippen molar-refractivity contribution >= 4 is 17.6 Å². The Morgan fingerprint density at radius 1 is 1.23 bits per heavy atom. The molecule has 3 saturated heterocycles. The second-order valence-corrected chi connectivity index (χ2v) is 8.70. The van der Waals surface area contributed by atoms with E-state index >= 15 is 0 Å². The minimum atomic E-state index is -0.213. The van der Waals surface area contributed by atoms with E-state index in [0.717, 1.165) is 24.8 Å². The van der Waals surface area contributed by atoms with Crippen LogP contribution in [0.5, 0.6) is 0 Å². The number of carbonyl (C=O) groups is 2. The lowest BCUT2D eigenvalue weighted by atomic mass is 9.72. The number of nitrogen functional groups attached to an aromatic ring is 1. The number of nitrogens with zero attached hydrogens (tertiary/aromatic N) is 3. The maximum Gasteiger partial charge on any atom is 0.272 e. The number of aromatic nitrogens is 2. The van der Waals surface area contributed by atoms with Crippen LogP contribution in [0.4, 0.5) is 5.82 Å². The van der Waals surface area contributed by atoms with Crippen LogP contribution in [-0.2, 0) is 4.79 Å². The molecule has 0 unspecified atom stereocenters. The van der Waals surface area contributed by atoms with E-state index < -0.39 is 0 Å². The Morgan fingerprint density at radius 3 is 2.77 bits per heavy atom. The van der Waals surface area contributed by atoms with Gasteiger partial charge in [0.15, 0.2) is 5.82 Å². The molecule has 158 valence electrons. The summed E-state index contributed by atoms with van der Waals surface area (Å²) in [6, 6.07) is 9.45. The maximum absolute atomic E-state index is 13.5. The number of benzene rings is 1. The molecule has 4 heterocycles. The van der Waals surface area contributed by atoms with Gasteiger partial charge in [0.25, 0.3) is 5.91 Å². The third-order valence-corrected chi connectivity index (χ3v) is 7.04. The van der Waals surface area contributed by atoms with Crippen LogP contribution in [0.1, 0.15) is 36.2 Å². The van der Waals surface area contributed by atoms with E-state index in [1.807, 2.05) is 40.1 Å². The predicted molar refractivity (Wildman–Crippen MR) is 111 cm³/mol. The number of piperidine rings is 3. The Morgan fingerprint density at radius 2 is 2.00 bits per heavy atom. The summed E-state index contributed by atoms with van der Waals surface area (Å²) in [7, 11) is 0. The second-order valence-electron chi connectivity index (χ2n) is 8.70. The first-order valence-electron chi connectivity index (χ1n) is 10.7. The molecule has 0 saturated carbocycles. The topological polar surface area (TPSA) is 116 Å². The molecule has 3 aliphatic heterocycles. The summed E-state index contributed by atoms with van der Waals surface area (Å²) in [6.45, 7) is 1.06. The lowest BCUT2D eigenvalue weighted by molar-refractivity contribution is -0.154. The van der Waals surface area contributed by atoms with E-state index in [1.165, 1.54) is 0 Å². The highest BCUT2D eigenvalue weighted by molar-refractivity contribution is 6.01. The lowest BCUT2D eigenvalue weighted by Gasteiger charge is -2.56. The van der Waals surface area contributed by atoms with Gasteiger partial charge in [-0.3, -0.25) is 14.7 Å². The standard InChI is InChI=1S/C22H27N5O3/c23-21-19(13-5-2-1-3-6-13)20(24-25-21)22(30)26-10-14-9-15(11-26)17(12-28)27-16(14)7-4-8-18(27)29/h1-3,5-6,14-17,28H,4,7-12H2,(H3,23,24,25)/t14-,15+,16+,17+/m1/s1. The van der Waals surface area contributed by atoms with Gasteiger partial charge in [0.1, 0.15) is 5.69 Å². The van der Waals surface area contributed by atoms with Crippen molar-refractivity contribution in [1.29, 1.82) is 0 Å². The molecule has 5 rings (SSSR count). The van der Waals surface area contributed by atoms with E-state index in [2.05, 4.69) is 10.2 Å². The zero-order valence-electron chi connectivity index (χ0n) is 16.8. The Bertz CT molecular complexity index is 945. The zero-order chi connectivity index (χ0) is 20.8.